The maximum atomic E-state index is 13.3. The van der Waals surface area contributed by atoms with Gasteiger partial charge >= 0.3 is 5.97 Å². The third-order valence-electron chi connectivity index (χ3n) is 5.59. The summed E-state index contributed by atoms with van der Waals surface area (Å²) in [4.78, 5) is 30.0. The number of rotatable bonds is 7. The van der Waals surface area contributed by atoms with Crippen molar-refractivity contribution in [1.82, 2.24) is 8.87 Å². The molecule has 4 rings (SSSR count). The van der Waals surface area contributed by atoms with Crippen molar-refractivity contribution in [2.24, 2.45) is 4.99 Å². The molecule has 2 aromatic carbocycles. The van der Waals surface area contributed by atoms with E-state index in [1.54, 1.807) is 16.7 Å². The van der Waals surface area contributed by atoms with E-state index in [0.717, 1.165) is 4.70 Å². The Labute approximate surface area is 211 Å². The molecule has 0 saturated carbocycles. The van der Waals surface area contributed by atoms with Crippen LogP contribution in [0.2, 0.25) is 5.02 Å². The maximum absolute atomic E-state index is 13.3. The molecular formula is C23H24ClN3O6S2. The van der Waals surface area contributed by atoms with Crippen molar-refractivity contribution >= 4 is 55.1 Å². The molecule has 12 heteroatoms. The number of ether oxygens (including phenoxy) is 2. The average molecular weight is 538 g/mol. The second kappa shape index (κ2) is 10.5. The first-order chi connectivity index (χ1) is 16.7. The predicted molar refractivity (Wildman–Crippen MR) is 132 cm³/mol. The van der Waals surface area contributed by atoms with Crippen LogP contribution < -0.4 is 9.54 Å². The van der Waals surface area contributed by atoms with Crippen LogP contribution in [0.5, 0.6) is 5.75 Å². The van der Waals surface area contributed by atoms with Gasteiger partial charge < -0.3 is 14.0 Å². The monoisotopic (exact) mass is 537 g/mol. The summed E-state index contributed by atoms with van der Waals surface area (Å²) < 4.78 is 40.3. The third-order valence-corrected chi connectivity index (χ3v) is 8.81. The zero-order valence-electron chi connectivity index (χ0n) is 19.1. The topological polar surface area (TPSA) is 107 Å². The quantitative estimate of drug-likeness (QED) is 0.428. The molecule has 0 bridgehead atoms. The van der Waals surface area contributed by atoms with E-state index in [4.69, 9.17) is 21.1 Å². The molecule has 1 aliphatic rings. The first-order valence-electron chi connectivity index (χ1n) is 10.9. The zero-order chi connectivity index (χ0) is 25.2. The Balaban J connectivity index is 1.73. The molecule has 1 fully saturated rings. The number of hydrogen-bond donors (Lipinski definition) is 0. The molecule has 1 aliphatic heterocycles. The number of fused-ring (bicyclic) bond motifs is 1. The fourth-order valence-electron chi connectivity index (χ4n) is 3.93. The fraction of sp³-hybridized carbons (Fsp3) is 0.348. The van der Waals surface area contributed by atoms with Crippen molar-refractivity contribution in [1.29, 1.82) is 0 Å². The van der Waals surface area contributed by atoms with E-state index < -0.39 is 27.9 Å². The van der Waals surface area contributed by atoms with E-state index in [1.165, 1.54) is 47.0 Å². The lowest BCUT2D eigenvalue weighted by molar-refractivity contribution is -0.141. The van der Waals surface area contributed by atoms with Crippen molar-refractivity contribution < 1.29 is 27.5 Å². The number of hydrogen-bond acceptors (Lipinski definition) is 7. The van der Waals surface area contributed by atoms with Crippen molar-refractivity contribution in [2.45, 2.75) is 37.2 Å². The molecule has 1 unspecified atom stereocenters. The molecule has 0 radical (unpaired) electrons. The zero-order valence-corrected chi connectivity index (χ0v) is 21.5. The second-order valence-electron chi connectivity index (χ2n) is 7.79. The first-order valence-corrected chi connectivity index (χ1v) is 13.6. The van der Waals surface area contributed by atoms with Gasteiger partial charge in [-0.15, -0.1) is 0 Å². The number of nitrogens with zero attached hydrogens (tertiary/aromatic N) is 3. The van der Waals surface area contributed by atoms with Gasteiger partial charge in [0.05, 0.1) is 28.8 Å². The van der Waals surface area contributed by atoms with Crippen LogP contribution in [0.25, 0.3) is 10.2 Å². The molecule has 0 N–H and O–H groups in total. The average Bonchev–Trinajstić information content (AvgIpc) is 3.45. The highest BCUT2D eigenvalue weighted by molar-refractivity contribution is 7.89. The molecule has 9 nitrogen and oxygen atoms in total. The van der Waals surface area contributed by atoms with Crippen LogP contribution in [0.1, 0.15) is 19.8 Å². The summed E-state index contributed by atoms with van der Waals surface area (Å²) in [5.74, 6) is -0.434. The lowest BCUT2D eigenvalue weighted by atomic mass is 10.2. The molecule has 0 aliphatic carbocycles. The highest BCUT2D eigenvalue weighted by atomic mass is 35.5. The van der Waals surface area contributed by atoms with Crippen LogP contribution in [-0.4, -0.2) is 55.5 Å². The lowest BCUT2D eigenvalue weighted by Crippen LogP contribution is -2.40. The van der Waals surface area contributed by atoms with Crippen LogP contribution in [0.15, 0.2) is 52.4 Å². The summed E-state index contributed by atoms with van der Waals surface area (Å²) in [6.45, 7) is 2.44. The summed E-state index contributed by atoms with van der Waals surface area (Å²) >= 11 is 7.11. The van der Waals surface area contributed by atoms with Gasteiger partial charge in [0.1, 0.15) is 18.3 Å². The Bertz CT molecular complexity index is 1430. The standard InChI is InChI=1S/C23H24ClN3O6S2/c1-3-33-16-8-11-18-20(13-16)34-23(26(18)14-21(28)32-2)25-22(29)19-5-4-12-27(19)35(30,31)17-9-6-15(24)7-10-17/h6-11,13,19H,3-5,12,14H2,1-2H3. The third kappa shape index (κ3) is 5.27. The normalized spacial score (nSPS) is 17.1. The number of sulfonamides is 1. The van der Waals surface area contributed by atoms with E-state index in [2.05, 4.69) is 4.99 Å². The summed E-state index contributed by atoms with van der Waals surface area (Å²) in [5, 5.41) is 0.417. The largest absolute Gasteiger partial charge is 0.494 e. The number of carbonyl (C=O) groups is 2. The number of methoxy groups -OCH3 is 1. The summed E-state index contributed by atoms with van der Waals surface area (Å²) in [6.07, 6.45) is 0.885. The van der Waals surface area contributed by atoms with Crippen molar-refractivity contribution in [2.75, 3.05) is 20.3 Å². The molecule has 1 atom stereocenters. The molecule has 1 amide bonds. The van der Waals surface area contributed by atoms with E-state index in [0.29, 0.717) is 35.7 Å². The van der Waals surface area contributed by atoms with Crippen LogP contribution >= 0.6 is 22.9 Å². The van der Waals surface area contributed by atoms with E-state index in [-0.39, 0.29) is 22.8 Å². The van der Waals surface area contributed by atoms with Gasteiger partial charge in [0.15, 0.2) is 4.80 Å². The minimum absolute atomic E-state index is 0.0627. The van der Waals surface area contributed by atoms with Crippen molar-refractivity contribution in [3.05, 3.63) is 52.3 Å². The summed E-state index contributed by atoms with van der Waals surface area (Å²) in [6, 6.07) is 10.3. The predicted octanol–water partition coefficient (Wildman–Crippen LogP) is 3.21. The van der Waals surface area contributed by atoms with Gasteiger partial charge in [-0.25, -0.2) is 8.42 Å². The molecule has 186 valence electrons. The SMILES string of the molecule is CCOc1ccc2c(c1)sc(=NC(=O)C1CCCN1S(=O)(=O)c1ccc(Cl)cc1)n2CC(=O)OC. The first kappa shape index (κ1) is 25.4. The molecular weight excluding hydrogens is 514 g/mol. The number of halogens is 1. The molecule has 1 aromatic heterocycles. The van der Waals surface area contributed by atoms with Crippen molar-refractivity contribution in [3.8, 4) is 5.75 Å². The minimum Gasteiger partial charge on any atom is -0.494 e. The maximum Gasteiger partial charge on any atom is 0.325 e. The van der Waals surface area contributed by atoms with Gasteiger partial charge in [0.25, 0.3) is 5.91 Å². The number of esters is 1. The summed E-state index contributed by atoms with van der Waals surface area (Å²) in [5.41, 5.74) is 0.687. The van der Waals surface area contributed by atoms with Gasteiger partial charge in [-0.1, -0.05) is 22.9 Å². The van der Waals surface area contributed by atoms with Gasteiger partial charge in [-0.3, -0.25) is 9.59 Å². The number of aromatic nitrogens is 1. The Morgan fingerprint density at radius 1 is 1.20 bits per heavy atom. The second-order valence-corrected chi connectivity index (χ2v) is 11.1. The smallest absolute Gasteiger partial charge is 0.325 e. The van der Waals surface area contributed by atoms with Gasteiger partial charge in [0, 0.05) is 11.6 Å². The summed E-state index contributed by atoms with van der Waals surface area (Å²) in [7, 11) is -2.63. The number of amides is 1. The Hall–Kier alpha value is -2.73. The highest BCUT2D eigenvalue weighted by Crippen LogP contribution is 2.28. The highest BCUT2D eigenvalue weighted by Gasteiger charge is 2.39. The molecule has 35 heavy (non-hydrogen) atoms. The van der Waals surface area contributed by atoms with Crippen LogP contribution in [0.3, 0.4) is 0 Å². The molecule has 1 saturated heterocycles. The molecule has 0 spiro atoms. The number of benzene rings is 2. The Kier molecular flexibility index (Phi) is 7.60. The number of carbonyl (C=O) groups excluding carboxylic acids is 2. The Morgan fingerprint density at radius 2 is 1.94 bits per heavy atom. The van der Waals surface area contributed by atoms with E-state index >= 15 is 0 Å². The van der Waals surface area contributed by atoms with E-state index in [9.17, 15) is 18.0 Å². The van der Waals surface area contributed by atoms with E-state index in [1.807, 2.05) is 13.0 Å². The molecule has 2 heterocycles. The molecule has 3 aromatic rings. The van der Waals surface area contributed by atoms with Crippen molar-refractivity contribution in [3.63, 3.8) is 0 Å². The Morgan fingerprint density at radius 3 is 2.63 bits per heavy atom. The van der Waals surface area contributed by atoms with Gasteiger partial charge in [0.2, 0.25) is 10.0 Å². The van der Waals surface area contributed by atoms with Gasteiger partial charge in [-0.05, 0) is 62.2 Å². The number of thiazole rings is 1. The van der Waals surface area contributed by atoms with Crippen LogP contribution in [-0.2, 0) is 30.9 Å². The minimum atomic E-state index is -3.91. The van der Waals surface area contributed by atoms with Crippen LogP contribution in [0, 0.1) is 0 Å². The fourth-order valence-corrected chi connectivity index (χ4v) is 6.77. The lowest BCUT2D eigenvalue weighted by Gasteiger charge is -2.21. The van der Waals surface area contributed by atoms with Crippen LogP contribution in [0.4, 0.5) is 0 Å². The van der Waals surface area contributed by atoms with Gasteiger partial charge in [-0.2, -0.15) is 9.30 Å².